The van der Waals surface area contributed by atoms with Gasteiger partial charge in [-0.15, -0.1) is 0 Å². The summed E-state index contributed by atoms with van der Waals surface area (Å²) in [5, 5.41) is 2.86. The van der Waals surface area contributed by atoms with E-state index in [1.807, 2.05) is 30.3 Å². The minimum Gasteiger partial charge on any atom is -0.348 e. The summed E-state index contributed by atoms with van der Waals surface area (Å²) in [6, 6.07) is 13.8. The molecule has 9 heteroatoms. The Kier molecular flexibility index (Phi) is 6.12. The molecule has 4 rings (SSSR count). The number of hydrogen-bond donors (Lipinski definition) is 1. The van der Waals surface area contributed by atoms with Crippen molar-refractivity contribution in [3.63, 3.8) is 0 Å². The summed E-state index contributed by atoms with van der Waals surface area (Å²) in [4.78, 5) is 39.5. The molecule has 2 aliphatic heterocycles. The number of hydrogen-bond acceptors (Lipinski definition) is 5. The highest BCUT2D eigenvalue weighted by Gasteiger charge is 2.36. The molecule has 0 spiro atoms. The predicted octanol–water partition coefficient (Wildman–Crippen LogP) is 1.68. The van der Waals surface area contributed by atoms with Crippen molar-refractivity contribution in [2.45, 2.75) is 25.3 Å². The van der Waals surface area contributed by atoms with Gasteiger partial charge >= 0.3 is 0 Å². The van der Waals surface area contributed by atoms with Gasteiger partial charge in [-0.3, -0.25) is 19.3 Å². The smallest absolute Gasteiger partial charge is 0.261 e. The molecule has 1 atom stereocenters. The van der Waals surface area contributed by atoms with Gasteiger partial charge in [-0.1, -0.05) is 30.3 Å². The Hall–Kier alpha value is -3.04. The van der Waals surface area contributed by atoms with E-state index < -0.39 is 21.8 Å². The summed E-state index contributed by atoms with van der Waals surface area (Å²) in [5.41, 5.74) is 1.81. The van der Waals surface area contributed by atoms with E-state index in [1.165, 1.54) is 27.4 Å². The summed E-state index contributed by atoms with van der Waals surface area (Å²) in [6.45, 7) is 0.932. The van der Waals surface area contributed by atoms with Gasteiger partial charge in [0.2, 0.25) is 10.0 Å². The van der Waals surface area contributed by atoms with Gasteiger partial charge in [0.15, 0.2) is 0 Å². The van der Waals surface area contributed by atoms with Crippen LogP contribution < -0.4 is 5.32 Å². The summed E-state index contributed by atoms with van der Waals surface area (Å²) in [6.07, 6.45) is 3.04. The molecule has 1 fully saturated rings. The largest absolute Gasteiger partial charge is 0.348 e. The number of nitrogens with zero attached hydrogens (tertiary/aromatic N) is 2. The average molecular weight is 456 g/mol. The number of piperidine rings is 1. The molecule has 3 amide bonds. The number of rotatable bonds is 6. The maximum absolute atomic E-state index is 12.8. The Morgan fingerprint density at radius 2 is 1.78 bits per heavy atom. The lowest BCUT2D eigenvalue weighted by Gasteiger charge is -2.31. The second-order valence-electron chi connectivity index (χ2n) is 8.19. The molecular formula is C23H25N3O5S. The third-order valence-electron chi connectivity index (χ3n) is 5.89. The van der Waals surface area contributed by atoms with E-state index in [4.69, 9.17) is 0 Å². The van der Waals surface area contributed by atoms with E-state index in [0.29, 0.717) is 31.4 Å². The summed E-state index contributed by atoms with van der Waals surface area (Å²) in [5.74, 6) is -1.16. The Morgan fingerprint density at radius 1 is 1.06 bits per heavy atom. The van der Waals surface area contributed by atoms with Crippen LogP contribution in [0.2, 0.25) is 0 Å². The van der Waals surface area contributed by atoms with Crippen LogP contribution in [-0.2, 0) is 16.4 Å². The van der Waals surface area contributed by atoms with Crippen molar-refractivity contribution >= 4 is 27.7 Å². The fourth-order valence-corrected chi connectivity index (χ4v) is 5.06. The van der Waals surface area contributed by atoms with Crippen molar-refractivity contribution in [3.05, 3.63) is 70.8 Å². The first-order valence-corrected chi connectivity index (χ1v) is 12.4. The molecule has 0 aromatic heterocycles. The standard InChI is InChI=1S/C23H25N3O5S/c1-32(30,31)25-12-5-8-18(15-25)24-21(27)17-9-10-19-20(14-17)23(29)26(22(19)28)13-11-16-6-3-2-4-7-16/h2-4,6-7,9-10,14,18H,5,8,11-13,15H2,1H3,(H,24,27). The van der Waals surface area contributed by atoms with E-state index in [9.17, 15) is 22.8 Å². The minimum absolute atomic E-state index is 0.220. The fourth-order valence-electron chi connectivity index (χ4n) is 4.15. The predicted molar refractivity (Wildman–Crippen MR) is 119 cm³/mol. The molecule has 0 aliphatic carbocycles. The second-order valence-corrected chi connectivity index (χ2v) is 10.2. The molecule has 8 nitrogen and oxygen atoms in total. The van der Waals surface area contributed by atoms with Gasteiger partial charge in [-0.05, 0) is 43.0 Å². The molecule has 168 valence electrons. The third kappa shape index (κ3) is 4.58. The number of benzene rings is 2. The van der Waals surface area contributed by atoms with Gasteiger partial charge in [-0.2, -0.15) is 0 Å². The highest BCUT2D eigenvalue weighted by molar-refractivity contribution is 7.88. The maximum Gasteiger partial charge on any atom is 0.261 e. The van der Waals surface area contributed by atoms with Crippen molar-refractivity contribution in [1.82, 2.24) is 14.5 Å². The number of carbonyl (C=O) groups excluding carboxylic acids is 3. The highest BCUT2D eigenvalue weighted by Crippen LogP contribution is 2.25. The van der Waals surface area contributed by atoms with E-state index in [2.05, 4.69) is 5.32 Å². The normalized spacial score (nSPS) is 19.2. The summed E-state index contributed by atoms with van der Waals surface area (Å²) in [7, 11) is -3.32. The average Bonchev–Trinajstić information content (AvgIpc) is 3.02. The maximum atomic E-state index is 12.8. The minimum atomic E-state index is -3.32. The third-order valence-corrected chi connectivity index (χ3v) is 7.16. The van der Waals surface area contributed by atoms with Crippen molar-refractivity contribution in [3.8, 4) is 0 Å². The molecule has 0 radical (unpaired) electrons. The van der Waals surface area contributed by atoms with E-state index in [1.54, 1.807) is 0 Å². The van der Waals surface area contributed by atoms with Gasteiger partial charge < -0.3 is 5.32 Å². The first-order valence-electron chi connectivity index (χ1n) is 10.5. The van der Waals surface area contributed by atoms with Gasteiger partial charge in [-0.25, -0.2) is 12.7 Å². The molecule has 2 heterocycles. The van der Waals surface area contributed by atoms with E-state index in [0.717, 1.165) is 11.8 Å². The lowest BCUT2D eigenvalue weighted by molar-refractivity contribution is 0.0656. The molecule has 2 aromatic rings. The molecule has 32 heavy (non-hydrogen) atoms. The Balaban J connectivity index is 1.44. The van der Waals surface area contributed by atoms with Crippen LogP contribution in [0.5, 0.6) is 0 Å². The number of carbonyl (C=O) groups is 3. The number of imide groups is 1. The van der Waals surface area contributed by atoms with Crippen LogP contribution in [0, 0.1) is 0 Å². The van der Waals surface area contributed by atoms with Gasteiger partial charge in [0.05, 0.1) is 17.4 Å². The quantitative estimate of drug-likeness (QED) is 0.668. The van der Waals surface area contributed by atoms with Crippen molar-refractivity contribution in [2.24, 2.45) is 0 Å². The zero-order chi connectivity index (χ0) is 22.9. The van der Waals surface area contributed by atoms with Crippen LogP contribution in [0.25, 0.3) is 0 Å². The van der Waals surface area contributed by atoms with Crippen molar-refractivity contribution in [2.75, 3.05) is 25.9 Å². The van der Waals surface area contributed by atoms with Crippen LogP contribution in [0.3, 0.4) is 0 Å². The first kappa shape index (κ1) is 22.2. The van der Waals surface area contributed by atoms with E-state index in [-0.39, 0.29) is 36.2 Å². The molecular weight excluding hydrogens is 430 g/mol. The summed E-state index contributed by atoms with van der Waals surface area (Å²) >= 11 is 0. The molecule has 0 saturated carbocycles. The molecule has 0 bridgehead atoms. The number of nitrogens with one attached hydrogen (secondary N) is 1. The first-order chi connectivity index (χ1) is 15.2. The Bertz CT molecular complexity index is 1160. The van der Waals surface area contributed by atoms with Crippen molar-refractivity contribution in [1.29, 1.82) is 0 Å². The van der Waals surface area contributed by atoms with Gasteiger partial charge in [0, 0.05) is 31.2 Å². The zero-order valence-corrected chi connectivity index (χ0v) is 18.6. The lowest BCUT2D eigenvalue weighted by atomic mass is 10.0. The summed E-state index contributed by atoms with van der Waals surface area (Å²) < 4.78 is 25.0. The van der Waals surface area contributed by atoms with E-state index >= 15 is 0 Å². The number of sulfonamides is 1. The fraction of sp³-hybridized carbons (Fsp3) is 0.348. The Labute approximate surface area is 187 Å². The van der Waals surface area contributed by atoms with Crippen LogP contribution in [0.1, 0.15) is 49.5 Å². The number of amides is 3. The molecule has 2 aliphatic rings. The Morgan fingerprint density at radius 3 is 2.50 bits per heavy atom. The van der Waals surface area contributed by atoms with Crippen LogP contribution in [-0.4, -0.2) is 67.3 Å². The van der Waals surface area contributed by atoms with Crippen LogP contribution >= 0.6 is 0 Å². The highest BCUT2D eigenvalue weighted by atomic mass is 32.2. The van der Waals surface area contributed by atoms with Crippen molar-refractivity contribution < 1.29 is 22.8 Å². The van der Waals surface area contributed by atoms with Gasteiger partial charge in [0.1, 0.15) is 0 Å². The molecule has 1 saturated heterocycles. The topological polar surface area (TPSA) is 104 Å². The lowest BCUT2D eigenvalue weighted by Crippen LogP contribution is -2.49. The molecule has 1 unspecified atom stereocenters. The van der Waals surface area contributed by atoms with Gasteiger partial charge in [0.25, 0.3) is 17.7 Å². The van der Waals surface area contributed by atoms with Crippen LogP contribution in [0.4, 0.5) is 0 Å². The molecule has 2 aromatic carbocycles. The molecule has 1 N–H and O–H groups in total. The SMILES string of the molecule is CS(=O)(=O)N1CCCC(NC(=O)c2ccc3c(c2)C(=O)N(CCc2ccccc2)C3=O)C1. The second kappa shape index (κ2) is 8.84. The number of fused-ring (bicyclic) bond motifs is 1. The monoisotopic (exact) mass is 455 g/mol. The van der Waals surface area contributed by atoms with Crippen LogP contribution in [0.15, 0.2) is 48.5 Å². The zero-order valence-electron chi connectivity index (χ0n) is 17.8.